The minimum Gasteiger partial charge on any atom is -0.549 e. The fourth-order valence-corrected chi connectivity index (χ4v) is 3.13. The Hall–Kier alpha value is -3.08. The highest BCUT2D eigenvalue weighted by Gasteiger charge is 2.29. The van der Waals surface area contributed by atoms with E-state index in [0.717, 1.165) is 11.3 Å². The largest absolute Gasteiger partial charge is 0.549 e. The summed E-state index contributed by atoms with van der Waals surface area (Å²) in [6, 6.07) is 16.4. The monoisotopic (exact) mass is 335 g/mol. The van der Waals surface area contributed by atoms with Crippen LogP contribution in [0.5, 0.6) is 0 Å². The topological polar surface area (TPSA) is 87.4 Å². The van der Waals surface area contributed by atoms with E-state index >= 15 is 0 Å². The predicted octanol–water partition coefficient (Wildman–Crippen LogP) is 2.70. The van der Waals surface area contributed by atoms with Crippen LogP contribution in [0.25, 0.3) is 5.57 Å². The number of carboxylic acid groups (broad SMARTS) is 1. The van der Waals surface area contributed by atoms with Crippen molar-refractivity contribution in [2.75, 3.05) is 11.4 Å². The molecule has 2 aromatic carbocycles. The Bertz CT molecular complexity index is 826. The van der Waals surface area contributed by atoms with E-state index in [4.69, 9.17) is 5.41 Å². The van der Waals surface area contributed by atoms with E-state index < -0.39 is 11.9 Å². The standard InChI is InChI=1S/C20H20N2O3/c1-2-16(20(24)25)13-8-10-15(11-9-13)22-12-17(23)18(19(22)21)14-6-4-3-5-7-14/h3-11,16,21,23H,2,12H2,1H3,(H,24,25)/p-1/t16-/m0/s1. The van der Waals surface area contributed by atoms with Crippen LogP contribution in [-0.2, 0) is 4.79 Å². The first-order valence-electron chi connectivity index (χ1n) is 8.17. The van der Waals surface area contributed by atoms with Crippen molar-refractivity contribution in [2.45, 2.75) is 19.3 Å². The quantitative estimate of drug-likeness (QED) is 0.879. The molecule has 0 saturated heterocycles. The molecule has 5 heteroatoms. The predicted molar refractivity (Wildman–Crippen MR) is 95.5 cm³/mol. The second-order valence-electron chi connectivity index (χ2n) is 5.99. The molecule has 128 valence electrons. The third-order valence-corrected chi connectivity index (χ3v) is 4.47. The van der Waals surface area contributed by atoms with Gasteiger partial charge in [-0.25, -0.2) is 0 Å². The Kier molecular flexibility index (Phi) is 4.57. The number of hydrogen-bond acceptors (Lipinski definition) is 4. The molecule has 0 radical (unpaired) electrons. The molecule has 0 saturated carbocycles. The first kappa shape index (κ1) is 16.8. The van der Waals surface area contributed by atoms with Crippen molar-refractivity contribution in [3.05, 3.63) is 71.5 Å². The van der Waals surface area contributed by atoms with Crippen LogP contribution in [-0.4, -0.2) is 23.5 Å². The van der Waals surface area contributed by atoms with E-state index in [0.29, 0.717) is 17.6 Å². The molecular formula is C20H19N2O3-. The zero-order chi connectivity index (χ0) is 18.0. The van der Waals surface area contributed by atoms with Crippen molar-refractivity contribution in [1.82, 2.24) is 0 Å². The van der Waals surface area contributed by atoms with Crippen LogP contribution in [0.4, 0.5) is 5.69 Å². The highest BCUT2D eigenvalue weighted by molar-refractivity contribution is 6.30. The van der Waals surface area contributed by atoms with Gasteiger partial charge < -0.3 is 19.9 Å². The van der Waals surface area contributed by atoms with Gasteiger partial charge in [0.1, 0.15) is 11.6 Å². The third-order valence-electron chi connectivity index (χ3n) is 4.47. The number of hydrogen-bond donors (Lipinski definition) is 2. The van der Waals surface area contributed by atoms with Gasteiger partial charge in [0.15, 0.2) is 0 Å². The highest BCUT2D eigenvalue weighted by atomic mass is 16.4. The molecule has 0 bridgehead atoms. The van der Waals surface area contributed by atoms with E-state index in [1.165, 1.54) is 0 Å². The molecular weight excluding hydrogens is 316 g/mol. The maximum atomic E-state index is 11.2. The van der Waals surface area contributed by atoms with Crippen LogP contribution in [0.1, 0.15) is 30.4 Å². The number of nitrogens with zero attached hydrogens (tertiary/aromatic N) is 1. The summed E-state index contributed by atoms with van der Waals surface area (Å²) in [5.41, 5.74) is 2.73. The molecule has 25 heavy (non-hydrogen) atoms. The molecule has 1 aliphatic rings. The number of carboxylic acids is 1. The van der Waals surface area contributed by atoms with Gasteiger partial charge in [-0.2, -0.15) is 0 Å². The summed E-state index contributed by atoms with van der Waals surface area (Å²) in [6.45, 7) is 2.03. The first-order valence-corrected chi connectivity index (χ1v) is 8.17. The number of carbonyl (C=O) groups excluding carboxylic acids is 1. The van der Waals surface area contributed by atoms with Gasteiger partial charge >= 0.3 is 0 Å². The summed E-state index contributed by atoms with van der Waals surface area (Å²) in [4.78, 5) is 12.9. The smallest absolute Gasteiger partial charge is 0.137 e. The van der Waals surface area contributed by atoms with Gasteiger partial charge in [0.2, 0.25) is 0 Å². The van der Waals surface area contributed by atoms with E-state index in [1.807, 2.05) is 30.3 Å². The zero-order valence-corrected chi connectivity index (χ0v) is 13.9. The second-order valence-corrected chi connectivity index (χ2v) is 5.99. The number of aliphatic carboxylic acids is 1. The van der Waals surface area contributed by atoms with Gasteiger partial charge in [-0.15, -0.1) is 0 Å². The average molecular weight is 335 g/mol. The SMILES string of the molecule is CC[C@H](C(=O)[O-])c1ccc(N2CC(O)=C(c3ccccc3)C2=N)cc1. The molecule has 5 nitrogen and oxygen atoms in total. The summed E-state index contributed by atoms with van der Waals surface area (Å²) < 4.78 is 0. The summed E-state index contributed by atoms with van der Waals surface area (Å²) in [5.74, 6) is -1.35. The second kappa shape index (κ2) is 6.81. The summed E-state index contributed by atoms with van der Waals surface area (Å²) >= 11 is 0. The lowest BCUT2D eigenvalue weighted by molar-refractivity contribution is -0.308. The van der Waals surface area contributed by atoms with Gasteiger partial charge in [0, 0.05) is 17.6 Å². The van der Waals surface area contributed by atoms with Gasteiger partial charge in [-0.1, -0.05) is 49.4 Å². The van der Waals surface area contributed by atoms with Crippen LogP contribution in [0.2, 0.25) is 0 Å². The van der Waals surface area contributed by atoms with Crippen molar-refractivity contribution in [1.29, 1.82) is 5.41 Å². The fourth-order valence-electron chi connectivity index (χ4n) is 3.13. The van der Waals surface area contributed by atoms with Crippen LogP contribution in [0.15, 0.2) is 60.4 Å². The van der Waals surface area contributed by atoms with Gasteiger partial charge in [-0.05, 0) is 29.7 Å². The number of aliphatic hydroxyl groups is 1. The van der Waals surface area contributed by atoms with E-state index in [9.17, 15) is 15.0 Å². The number of rotatable bonds is 5. The van der Waals surface area contributed by atoms with E-state index in [2.05, 4.69) is 0 Å². The molecule has 0 aromatic heterocycles. The van der Waals surface area contributed by atoms with Crippen LogP contribution >= 0.6 is 0 Å². The number of aliphatic hydroxyl groups excluding tert-OH is 1. The number of carbonyl (C=O) groups is 1. The lowest BCUT2D eigenvalue weighted by Crippen LogP contribution is -2.29. The number of amidine groups is 1. The minimum atomic E-state index is -1.09. The molecule has 2 aromatic rings. The maximum absolute atomic E-state index is 11.2. The van der Waals surface area contributed by atoms with Gasteiger partial charge in [-0.3, -0.25) is 5.41 Å². The molecule has 2 N–H and O–H groups in total. The maximum Gasteiger partial charge on any atom is 0.137 e. The number of nitrogens with one attached hydrogen (secondary N) is 1. The lowest BCUT2D eigenvalue weighted by atomic mass is 9.96. The molecule has 0 unspecified atom stereocenters. The Labute approximate surface area is 146 Å². The van der Waals surface area contributed by atoms with E-state index in [1.54, 1.807) is 36.1 Å². The Morgan fingerprint density at radius 2 is 1.84 bits per heavy atom. The Morgan fingerprint density at radius 3 is 2.40 bits per heavy atom. The van der Waals surface area contributed by atoms with Crippen LogP contribution in [0, 0.1) is 5.41 Å². The lowest BCUT2D eigenvalue weighted by Gasteiger charge is -2.21. The summed E-state index contributed by atoms with van der Waals surface area (Å²) in [5, 5.41) is 29.9. The van der Waals surface area contributed by atoms with E-state index in [-0.39, 0.29) is 18.1 Å². The molecule has 0 aliphatic carbocycles. The molecule has 1 heterocycles. The summed E-state index contributed by atoms with van der Waals surface area (Å²) in [6.07, 6.45) is 0.460. The average Bonchev–Trinajstić information content (AvgIpc) is 2.91. The fraction of sp³-hybridized carbons (Fsp3) is 0.200. The number of benzene rings is 2. The van der Waals surface area contributed by atoms with Crippen molar-refractivity contribution < 1.29 is 15.0 Å². The van der Waals surface area contributed by atoms with Crippen molar-refractivity contribution in [2.24, 2.45) is 0 Å². The Morgan fingerprint density at radius 1 is 1.20 bits per heavy atom. The molecule has 0 amide bonds. The molecule has 1 atom stereocenters. The molecule has 0 fully saturated rings. The van der Waals surface area contributed by atoms with Gasteiger partial charge in [0.05, 0.1) is 12.1 Å². The van der Waals surface area contributed by atoms with Crippen molar-refractivity contribution >= 4 is 23.1 Å². The molecule has 1 aliphatic heterocycles. The zero-order valence-electron chi connectivity index (χ0n) is 13.9. The number of anilines is 1. The van der Waals surface area contributed by atoms with Crippen molar-refractivity contribution in [3.63, 3.8) is 0 Å². The summed E-state index contributed by atoms with van der Waals surface area (Å²) in [7, 11) is 0. The Balaban J connectivity index is 1.85. The van der Waals surface area contributed by atoms with Gasteiger partial charge in [0.25, 0.3) is 0 Å². The first-order chi connectivity index (χ1) is 12.0. The molecule has 3 rings (SSSR count). The minimum absolute atomic E-state index is 0.154. The third kappa shape index (κ3) is 3.13. The van der Waals surface area contributed by atoms with Crippen LogP contribution in [0.3, 0.4) is 0 Å². The van der Waals surface area contributed by atoms with Crippen molar-refractivity contribution in [3.8, 4) is 0 Å². The normalized spacial score (nSPS) is 15.6. The van der Waals surface area contributed by atoms with Crippen LogP contribution < -0.4 is 10.0 Å². The molecule has 0 spiro atoms. The highest BCUT2D eigenvalue weighted by Crippen LogP contribution is 2.31.